The molecule has 0 spiro atoms. The summed E-state index contributed by atoms with van der Waals surface area (Å²) in [6, 6.07) is 0. The van der Waals surface area contributed by atoms with Crippen molar-refractivity contribution in [2.45, 2.75) is 48.5 Å². The Balaban J connectivity index is 3.23. The molecule has 0 bridgehead atoms. The van der Waals surface area contributed by atoms with Gasteiger partial charge in [0, 0.05) is 5.57 Å². The standard InChI is InChI=1S/C15H24O/c1-13(2,3)11-9-8-10-15(7,12(11)16)14(4,5)6/h8-10H,1-7H3. The zero-order valence-corrected chi connectivity index (χ0v) is 11.6. The fourth-order valence-electron chi connectivity index (χ4n) is 1.95. The molecule has 1 rings (SSSR count). The second-order valence-electron chi connectivity index (χ2n) is 6.97. The highest BCUT2D eigenvalue weighted by Crippen LogP contribution is 2.46. The van der Waals surface area contributed by atoms with Gasteiger partial charge in [0.05, 0.1) is 5.41 Å². The van der Waals surface area contributed by atoms with Gasteiger partial charge in [0.1, 0.15) is 0 Å². The molecular weight excluding hydrogens is 196 g/mol. The number of rotatable bonds is 0. The average molecular weight is 220 g/mol. The molecule has 0 aliphatic heterocycles. The van der Waals surface area contributed by atoms with Crippen LogP contribution < -0.4 is 0 Å². The first-order valence-corrected chi connectivity index (χ1v) is 5.95. The maximum absolute atomic E-state index is 12.6. The van der Waals surface area contributed by atoms with E-state index in [9.17, 15) is 4.79 Å². The normalized spacial score (nSPS) is 26.9. The van der Waals surface area contributed by atoms with E-state index in [0.717, 1.165) is 5.57 Å². The van der Waals surface area contributed by atoms with Crippen LogP contribution in [0.25, 0.3) is 0 Å². The van der Waals surface area contributed by atoms with Crippen LogP contribution in [-0.4, -0.2) is 5.78 Å². The highest BCUT2D eigenvalue weighted by atomic mass is 16.1. The Kier molecular flexibility index (Phi) is 2.96. The molecule has 0 heterocycles. The summed E-state index contributed by atoms with van der Waals surface area (Å²) in [5.74, 6) is 0.273. The molecule has 90 valence electrons. The summed E-state index contributed by atoms with van der Waals surface area (Å²) >= 11 is 0. The maximum atomic E-state index is 12.6. The maximum Gasteiger partial charge on any atom is 0.169 e. The van der Waals surface area contributed by atoms with Gasteiger partial charge >= 0.3 is 0 Å². The summed E-state index contributed by atoms with van der Waals surface area (Å²) in [7, 11) is 0. The number of hydrogen-bond donors (Lipinski definition) is 0. The second kappa shape index (κ2) is 3.58. The van der Waals surface area contributed by atoms with Crippen LogP contribution in [0.4, 0.5) is 0 Å². The van der Waals surface area contributed by atoms with E-state index in [-0.39, 0.29) is 22.0 Å². The number of ketones is 1. The lowest BCUT2D eigenvalue weighted by Gasteiger charge is -2.42. The van der Waals surface area contributed by atoms with E-state index in [4.69, 9.17) is 0 Å². The SMILES string of the molecule is CC(C)(C)C1=CC=CC(C)(C(C)(C)C)C1=O. The predicted molar refractivity (Wildman–Crippen MR) is 69.2 cm³/mol. The van der Waals surface area contributed by atoms with Crippen LogP contribution in [0.3, 0.4) is 0 Å². The molecule has 1 heteroatoms. The van der Waals surface area contributed by atoms with Crippen molar-refractivity contribution < 1.29 is 4.79 Å². The zero-order valence-electron chi connectivity index (χ0n) is 11.6. The van der Waals surface area contributed by atoms with Crippen LogP contribution in [0.5, 0.6) is 0 Å². The molecule has 1 aliphatic rings. The second-order valence-corrected chi connectivity index (χ2v) is 6.97. The van der Waals surface area contributed by atoms with Crippen molar-refractivity contribution in [3.63, 3.8) is 0 Å². The Labute approximate surface area is 99.6 Å². The Hall–Kier alpha value is -0.850. The molecular formula is C15H24O. The van der Waals surface area contributed by atoms with E-state index < -0.39 is 0 Å². The largest absolute Gasteiger partial charge is 0.294 e. The van der Waals surface area contributed by atoms with E-state index >= 15 is 0 Å². The van der Waals surface area contributed by atoms with E-state index in [0.29, 0.717) is 0 Å². The smallest absolute Gasteiger partial charge is 0.169 e. The fraction of sp³-hybridized carbons (Fsp3) is 0.667. The molecule has 1 aliphatic carbocycles. The number of carbonyl (C=O) groups excluding carboxylic acids is 1. The average Bonchev–Trinajstić information content (AvgIpc) is 2.05. The Morgan fingerprint density at radius 2 is 1.56 bits per heavy atom. The molecule has 0 amide bonds. The molecule has 0 aromatic rings. The van der Waals surface area contributed by atoms with Crippen LogP contribution in [0, 0.1) is 16.2 Å². The molecule has 0 fully saturated rings. The Morgan fingerprint density at radius 1 is 1.06 bits per heavy atom. The van der Waals surface area contributed by atoms with Crippen molar-refractivity contribution in [2.75, 3.05) is 0 Å². The van der Waals surface area contributed by atoms with Gasteiger partial charge in [-0.15, -0.1) is 0 Å². The van der Waals surface area contributed by atoms with Gasteiger partial charge in [0.2, 0.25) is 0 Å². The fourth-order valence-corrected chi connectivity index (χ4v) is 1.95. The van der Waals surface area contributed by atoms with Gasteiger partial charge < -0.3 is 0 Å². The summed E-state index contributed by atoms with van der Waals surface area (Å²) in [5, 5.41) is 0. The zero-order chi connectivity index (χ0) is 12.8. The lowest BCUT2D eigenvalue weighted by molar-refractivity contribution is -0.127. The van der Waals surface area contributed by atoms with Gasteiger partial charge in [0.25, 0.3) is 0 Å². The molecule has 1 atom stereocenters. The number of allylic oxidation sites excluding steroid dienone is 4. The molecule has 0 saturated carbocycles. The monoisotopic (exact) mass is 220 g/mol. The van der Waals surface area contributed by atoms with Crippen LogP contribution in [-0.2, 0) is 4.79 Å². The Morgan fingerprint density at radius 3 is 1.94 bits per heavy atom. The molecule has 0 aromatic carbocycles. The van der Waals surface area contributed by atoms with Crippen molar-refractivity contribution in [1.82, 2.24) is 0 Å². The molecule has 0 saturated heterocycles. The number of carbonyl (C=O) groups is 1. The number of Topliss-reactive ketones (excluding diaryl/α,β-unsaturated/α-hetero) is 1. The first-order valence-electron chi connectivity index (χ1n) is 5.95. The Bertz CT molecular complexity index is 358. The van der Waals surface area contributed by atoms with E-state index in [1.807, 2.05) is 25.2 Å². The van der Waals surface area contributed by atoms with Gasteiger partial charge in [-0.3, -0.25) is 4.79 Å². The summed E-state index contributed by atoms with van der Waals surface area (Å²) in [4.78, 5) is 12.6. The van der Waals surface area contributed by atoms with Gasteiger partial charge in [-0.25, -0.2) is 0 Å². The molecule has 0 N–H and O–H groups in total. The molecule has 1 nitrogen and oxygen atoms in total. The van der Waals surface area contributed by atoms with Crippen LogP contribution in [0.1, 0.15) is 48.5 Å². The minimum atomic E-state index is -0.385. The van der Waals surface area contributed by atoms with Gasteiger partial charge in [-0.05, 0) is 17.8 Å². The minimum absolute atomic E-state index is 0.0503. The van der Waals surface area contributed by atoms with Crippen LogP contribution in [0.15, 0.2) is 23.8 Å². The van der Waals surface area contributed by atoms with Gasteiger partial charge in [-0.1, -0.05) is 59.8 Å². The summed E-state index contributed by atoms with van der Waals surface area (Å²) in [6.07, 6.45) is 6.05. The third-order valence-corrected chi connectivity index (χ3v) is 3.77. The van der Waals surface area contributed by atoms with E-state index in [1.54, 1.807) is 0 Å². The first kappa shape index (κ1) is 13.2. The predicted octanol–water partition coefficient (Wildman–Crippen LogP) is 4.15. The van der Waals surface area contributed by atoms with Crippen molar-refractivity contribution in [2.24, 2.45) is 16.2 Å². The first-order chi connectivity index (χ1) is 7.00. The highest BCUT2D eigenvalue weighted by Gasteiger charge is 2.45. The van der Waals surface area contributed by atoms with Gasteiger partial charge in [0.15, 0.2) is 5.78 Å². The lowest BCUT2D eigenvalue weighted by Crippen LogP contribution is -2.42. The number of hydrogen-bond acceptors (Lipinski definition) is 1. The highest BCUT2D eigenvalue weighted by molar-refractivity contribution is 6.03. The van der Waals surface area contributed by atoms with Gasteiger partial charge in [-0.2, -0.15) is 0 Å². The van der Waals surface area contributed by atoms with Crippen molar-refractivity contribution >= 4 is 5.78 Å². The quantitative estimate of drug-likeness (QED) is 0.599. The molecule has 16 heavy (non-hydrogen) atoms. The lowest BCUT2D eigenvalue weighted by atomic mass is 9.60. The third-order valence-electron chi connectivity index (χ3n) is 3.77. The van der Waals surface area contributed by atoms with Crippen molar-refractivity contribution in [1.29, 1.82) is 0 Å². The van der Waals surface area contributed by atoms with Crippen LogP contribution >= 0.6 is 0 Å². The minimum Gasteiger partial charge on any atom is -0.294 e. The van der Waals surface area contributed by atoms with Crippen LogP contribution in [0.2, 0.25) is 0 Å². The summed E-state index contributed by atoms with van der Waals surface area (Å²) in [6.45, 7) is 14.7. The summed E-state index contributed by atoms with van der Waals surface area (Å²) in [5.41, 5.74) is 0.428. The van der Waals surface area contributed by atoms with Crippen molar-refractivity contribution in [3.05, 3.63) is 23.8 Å². The topological polar surface area (TPSA) is 17.1 Å². The van der Waals surface area contributed by atoms with E-state index in [2.05, 4.69) is 41.5 Å². The molecule has 1 unspecified atom stereocenters. The summed E-state index contributed by atoms with van der Waals surface area (Å²) < 4.78 is 0. The van der Waals surface area contributed by atoms with Crippen molar-refractivity contribution in [3.8, 4) is 0 Å². The molecule has 0 aromatic heterocycles. The molecule has 0 radical (unpaired) electrons. The van der Waals surface area contributed by atoms with E-state index in [1.165, 1.54) is 0 Å². The third kappa shape index (κ3) is 2.00.